The molecule has 0 heterocycles. The van der Waals surface area contributed by atoms with E-state index in [0.717, 1.165) is 6.42 Å². The Morgan fingerprint density at radius 3 is 2.36 bits per heavy atom. The second-order valence-corrected chi connectivity index (χ2v) is 3.60. The van der Waals surface area contributed by atoms with Gasteiger partial charge in [-0.2, -0.15) is 0 Å². The van der Waals surface area contributed by atoms with Crippen LogP contribution in [0.25, 0.3) is 0 Å². The minimum absolute atomic E-state index is 0.998. The standard InChI is InChI=1S/C14H19/c1-3-5-7-13-9-11-14(12-10-13)8-6-4-2/h3,5,9-12H,1,4,6-8H2,2H3. The molecular weight excluding hydrogens is 168 g/mol. The van der Waals surface area contributed by atoms with Gasteiger partial charge in [-0.25, -0.2) is 0 Å². The van der Waals surface area contributed by atoms with Crippen LogP contribution in [0.1, 0.15) is 30.9 Å². The molecule has 0 aliphatic carbocycles. The molecular formula is C14H19. The van der Waals surface area contributed by atoms with E-state index < -0.39 is 0 Å². The molecule has 0 aromatic heterocycles. The number of rotatable bonds is 5. The summed E-state index contributed by atoms with van der Waals surface area (Å²) < 4.78 is 0. The average Bonchev–Trinajstić information content (AvgIpc) is 2.25. The Bertz CT molecular complexity index is 267. The van der Waals surface area contributed by atoms with Crippen molar-refractivity contribution < 1.29 is 0 Å². The Labute approximate surface area is 87.7 Å². The van der Waals surface area contributed by atoms with Crippen LogP contribution in [0.5, 0.6) is 0 Å². The molecule has 0 heteroatoms. The maximum atomic E-state index is 3.68. The zero-order valence-corrected chi connectivity index (χ0v) is 9.00. The summed E-state index contributed by atoms with van der Waals surface area (Å²) in [5.41, 5.74) is 2.82. The first-order valence-electron chi connectivity index (χ1n) is 5.39. The maximum Gasteiger partial charge on any atom is -0.00975 e. The van der Waals surface area contributed by atoms with Crippen molar-refractivity contribution >= 4 is 0 Å². The lowest BCUT2D eigenvalue weighted by atomic mass is 10.0. The minimum Gasteiger partial charge on any atom is -0.0879 e. The van der Waals surface area contributed by atoms with Crippen molar-refractivity contribution in [3.05, 3.63) is 54.5 Å². The van der Waals surface area contributed by atoms with E-state index in [1.54, 1.807) is 0 Å². The second-order valence-electron chi connectivity index (χ2n) is 3.60. The molecule has 0 aliphatic rings. The Kier molecular flexibility index (Phi) is 5.06. The number of benzene rings is 1. The second kappa shape index (κ2) is 6.42. The van der Waals surface area contributed by atoms with E-state index in [1.165, 1.54) is 30.4 Å². The molecule has 0 saturated heterocycles. The van der Waals surface area contributed by atoms with Crippen LogP contribution in [0.4, 0.5) is 0 Å². The van der Waals surface area contributed by atoms with Gasteiger partial charge in [0.15, 0.2) is 0 Å². The van der Waals surface area contributed by atoms with Gasteiger partial charge in [-0.3, -0.25) is 0 Å². The summed E-state index contributed by atoms with van der Waals surface area (Å²) in [4.78, 5) is 0. The molecule has 0 bridgehead atoms. The van der Waals surface area contributed by atoms with E-state index in [4.69, 9.17) is 0 Å². The van der Waals surface area contributed by atoms with Gasteiger partial charge in [0.05, 0.1) is 0 Å². The molecule has 0 nitrogen and oxygen atoms in total. The third-order valence-corrected chi connectivity index (χ3v) is 2.36. The molecule has 0 fully saturated rings. The van der Waals surface area contributed by atoms with Gasteiger partial charge in [-0.05, 0) is 37.3 Å². The van der Waals surface area contributed by atoms with Gasteiger partial charge in [0.25, 0.3) is 0 Å². The highest BCUT2D eigenvalue weighted by Gasteiger charge is 1.92. The van der Waals surface area contributed by atoms with Gasteiger partial charge in [0.1, 0.15) is 0 Å². The quantitative estimate of drug-likeness (QED) is 0.654. The molecule has 1 radical (unpaired) electrons. The summed E-state index contributed by atoms with van der Waals surface area (Å²) in [7, 11) is 0. The molecule has 0 aliphatic heterocycles. The van der Waals surface area contributed by atoms with E-state index in [1.807, 2.05) is 6.08 Å². The first kappa shape index (κ1) is 11.0. The Morgan fingerprint density at radius 1 is 1.14 bits per heavy atom. The highest BCUT2D eigenvalue weighted by atomic mass is 14.0. The number of allylic oxidation sites excluding steroid dienone is 2. The third-order valence-electron chi connectivity index (χ3n) is 2.36. The van der Waals surface area contributed by atoms with Gasteiger partial charge in [0, 0.05) is 0 Å². The van der Waals surface area contributed by atoms with Crippen molar-refractivity contribution in [3.63, 3.8) is 0 Å². The smallest absolute Gasteiger partial charge is 0.00975 e. The lowest BCUT2D eigenvalue weighted by molar-refractivity contribution is 0.795. The van der Waals surface area contributed by atoms with Crippen molar-refractivity contribution in [2.45, 2.75) is 32.6 Å². The van der Waals surface area contributed by atoms with Gasteiger partial charge >= 0.3 is 0 Å². The van der Waals surface area contributed by atoms with Crippen molar-refractivity contribution in [2.24, 2.45) is 0 Å². The third kappa shape index (κ3) is 3.78. The molecule has 14 heavy (non-hydrogen) atoms. The van der Waals surface area contributed by atoms with Crippen LogP contribution in [-0.2, 0) is 12.8 Å². The number of aryl methyl sites for hydroxylation is 1. The topological polar surface area (TPSA) is 0 Å². The van der Waals surface area contributed by atoms with Crippen molar-refractivity contribution in [1.29, 1.82) is 0 Å². The van der Waals surface area contributed by atoms with Crippen molar-refractivity contribution in [1.82, 2.24) is 0 Å². The van der Waals surface area contributed by atoms with Gasteiger partial charge in [-0.15, -0.1) is 0 Å². The number of unbranched alkanes of at least 4 members (excludes halogenated alkanes) is 1. The van der Waals surface area contributed by atoms with E-state index in [2.05, 4.69) is 44.2 Å². The Morgan fingerprint density at radius 2 is 1.79 bits per heavy atom. The molecule has 1 aromatic rings. The molecule has 0 atom stereocenters. The van der Waals surface area contributed by atoms with Gasteiger partial charge < -0.3 is 0 Å². The highest BCUT2D eigenvalue weighted by molar-refractivity contribution is 5.24. The van der Waals surface area contributed by atoms with Crippen LogP contribution in [0.2, 0.25) is 0 Å². The lowest BCUT2D eigenvalue weighted by Crippen LogP contribution is -1.86. The van der Waals surface area contributed by atoms with Gasteiger partial charge in [0.2, 0.25) is 0 Å². The molecule has 0 N–H and O–H groups in total. The van der Waals surface area contributed by atoms with E-state index in [-0.39, 0.29) is 0 Å². The predicted molar refractivity (Wildman–Crippen MR) is 63.3 cm³/mol. The monoisotopic (exact) mass is 187 g/mol. The fourth-order valence-corrected chi connectivity index (χ4v) is 1.44. The van der Waals surface area contributed by atoms with Crippen molar-refractivity contribution in [3.8, 4) is 0 Å². The average molecular weight is 187 g/mol. The lowest BCUT2D eigenvalue weighted by Gasteiger charge is -2.01. The van der Waals surface area contributed by atoms with Crippen LogP contribution >= 0.6 is 0 Å². The summed E-state index contributed by atoms with van der Waals surface area (Å²) in [5.74, 6) is 0. The predicted octanol–water partition coefficient (Wildman–Crippen LogP) is 3.96. The molecule has 0 amide bonds. The molecule has 0 spiro atoms. The van der Waals surface area contributed by atoms with Crippen LogP contribution < -0.4 is 0 Å². The maximum absolute atomic E-state index is 3.68. The normalized spacial score (nSPS) is 11.0. The van der Waals surface area contributed by atoms with Crippen LogP contribution in [0, 0.1) is 6.92 Å². The SMILES string of the molecule is [CH2]C=CCc1ccc(CCCC)cc1. The van der Waals surface area contributed by atoms with Crippen LogP contribution in [0.3, 0.4) is 0 Å². The van der Waals surface area contributed by atoms with E-state index in [0.29, 0.717) is 0 Å². The zero-order chi connectivity index (χ0) is 10.2. The molecule has 1 aromatic carbocycles. The summed E-state index contributed by atoms with van der Waals surface area (Å²) in [6.07, 6.45) is 8.70. The van der Waals surface area contributed by atoms with E-state index in [9.17, 15) is 0 Å². The van der Waals surface area contributed by atoms with Gasteiger partial charge in [-0.1, -0.05) is 49.8 Å². The van der Waals surface area contributed by atoms with E-state index >= 15 is 0 Å². The molecule has 0 saturated carbocycles. The fraction of sp³-hybridized carbons (Fsp3) is 0.357. The first-order chi connectivity index (χ1) is 6.86. The van der Waals surface area contributed by atoms with Crippen LogP contribution in [-0.4, -0.2) is 0 Å². The largest absolute Gasteiger partial charge is 0.0879 e. The van der Waals surface area contributed by atoms with Crippen LogP contribution in [0.15, 0.2) is 36.4 Å². The van der Waals surface area contributed by atoms with Crippen molar-refractivity contribution in [2.75, 3.05) is 0 Å². The summed E-state index contributed by atoms with van der Waals surface area (Å²) >= 11 is 0. The Hall–Kier alpha value is -1.04. The zero-order valence-electron chi connectivity index (χ0n) is 9.00. The molecule has 75 valence electrons. The number of hydrogen-bond acceptors (Lipinski definition) is 0. The Balaban J connectivity index is 2.50. The fourth-order valence-electron chi connectivity index (χ4n) is 1.44. The molecule has 1 rings (SSSR count). The first-order valence-corrected chi connectivity index (χ1v) is 5.39. The summed E-state index contributed by atoms with van der Waals surface area (Å²) in [6, 6.07) is 8.90. The number of hydrogen-bond donors (Lipinski definition) is 0. The minimum atomic E-state index is 0.998. The highest BCUT2D eigenvalue weighted by Crippen LogP contribution is 2.08. The summed E-state index contributed by atoms with van der Waals surface area (Å²) in [6.45, 7) is 5.91. The molecule has 0 unspecified atom stereocenters. The summed E-state index contributed by atoms with van der Waals surface area (Å²) in [5, 5.41) is 0.